The first-order chi connectivity index (χ1) is 14.6. The molecule has 1 aromatic heterocycles. The van der Waals surface area contributed by atoms with E-state index in [-0.39, 0.29) is 16.5 Å². The van der Waals surface area contributed by atoms with Gasteiger partial charge in [0.2, 0.25) is 5.13 Å². The van der Waals surface area contributed by atoms with Crippen molar-refractivity contribution in [2.24, 2.45) is 5.10 Å². The molecular formula is C20H15F3N4O3S. The molecule has 1 N–H and O–H groups in total. The summed E-state index contributed by atoms with van der Waals surface area (Å²) in [6, 6.07) is 12.3. The summed E-state index contributed by atoms with van der Waals surface area (Å²) in [6.07, 6.45) is -5.73. The number of rotatable bonds is 4. The summed E-state index contributed by atoms with van der Waals surface area (Å²) in [5.74, 6) is 0. The molecule has 0 radical (unpaired) electrons. The van der Waals surface area contributed by atoms with Crippen LogP contribution in [0.1, 0.15) is 17.5 Å². The fourth-order valence-corrected chi connectivity index (χ4v) is 3.97. The molecule has 0 fully saturated rings. The minimum atomic E-state index is -4.98. The van der Waals surface area contributed by atoms with Gasteiger partial charge in [-0.1, -0.05) is 29.8 Å². The lowest BCUT2D eigenvalue weighted by molar-refractivity contribution is -0.384. The number of anilines is 1. The maximum Gasteiger partial charge on any atom is 0.438 e. The van der Waals surface area contributed by atoms with Crippen molar-refractivity contribution in [3.8, 4) is 11.3 Å². The highest BCUT2D eigenvalue weighted by atomic mass is 32.1. The number of thiazole rings is 1. The average molecular weight is 448 g/mol. The van der Waals surface area contributed by atoms with Crippen LogP contribution in [0.4, 0.5) is 24.0 Å². The van der Waals surface area contributed by atoms with Crippen molar-refractivity contribution in [1.29, 1.82) is 0 Å². The van der Waals surface area contributed by atoms with E-state index in [1.165, 1.54) is 29.6 Å². The molecule has 2 heterocycles. The maximum absolute atomic E-state index is 13.8. The number of nitrogens with zero attached hydrogens (tertiary/aromatic N) is 4. The van der Waals surface area contributed by atoms with Crippen LogP contribution >= 0.6 is 11.3 Å². The Bertz CT molecular complexity index is 1160. The van der Waals surface area contributed by atoms with E-state index in [2.05, 4.69) is 10.1 Å². The van der Waals surface area contributed by atoms with E-state index < -0.39 is 23.2 Å². The molecule has 1 unspecified atom stereocenters. The summed E-state index contributed by atoms with van der Waals surface area (Å²) in [4.78, 5) is 14.4. The molecule has 11 heteroatoms. The third-order valence-corrected chi connectivity index (χ3v) is 5.69. The lowest BCUT2D eigenvalue weighted by Crippen LogP contribution is -2.55. The first-order valence-corrected chi connectivity index (χ1v) is 9.91. The van der Waals surface area contributed by atoms with Gasteiger partial charge in [-0.25, -0.2) is 4.98 Å². The lowest BCUT2D eigenvalue weighted by Gasteiger charge is -2.32. The molecule has 2 aromatic carbocycles. The van der Waals surface area contributed by atoms with Gasteiger partial charge in [-0.15, -0.1) is 11.3 Å². The topological polar surface area (TPSA) is 91.9 Å². The van der Waals surface area contributed by atoms with E-state index in [9.17, 15) is 28.4 Å². The van der Waals surface area contributed by atoms with Gasteiger partial charge in [-0.05, 0) is 24.6 Å². The molecule has 0 aliphatic carbocycles. The van der Waals surface area contributed by atoms with Gasteiger partial charge in [0.05, 0.1) is 22.7 Å². The van der Waals surface area contributed by atoms with Crippen molar-refractivity contribution in [1.82, 2.24) is 4.98 Å². The van der Waals surface area contributed by atoms with E-state index >= 15 is 0 Å². The van der Waals surface area contributed by atoms with Crippen LogP contribution in [0.15, 0.2) is 59.0 Å². The average Bonchev–Trinajstić information content (AvgIpc) is 3.33. The van der Waals surface area contributed by atoms with Crippen molar-refractivity contribution in [3.63, 3.8) is 0 Å². The largest absolute Gasteiger partial charge is 0.438 e. The Balaban J connectivity index is 1.71. The number of halogens is 3. The minimum absolute atomic E-state index is 0.0897. The van der Waals surface area contributed by atoms with Crippen molar-refractivity contribution >= 4 is 27.9 Å². The van der Waals surface area contributed by atoms with E-state index in [1.54, 1.807) is 24.3 Å². The molecule has 0 spiro atoms. The lowest BCUT2D eigenvalue weighted by atomic mass is 10.0. The third-order valence-electron chi connectivity index (χ3n) is 4.87. The Labute approximate surface area is 178 Å². The summed E-state index contributed by atoms with van der Waals surface area (Å²) in [5.41, 5.74) is -1.04. The van der Waals surface area contributed by atoms with E-state index in [0.29, 0.717) is 21.8 Å². The Morgan fingerprint density at radius 1 is 1.13 bits per heavy atom. The summed E-state index contributed by atoms with van der Waals surface area (Å²) < 4.78 is 41.5. The predicted octanol–water partition coefficient (Wildman–Crippen LogP) is 4.89. The number of hydrogen-bond donors (Lipinski definition) is 1. The van der Waals surface area contributed by atoms with Crippen LogP contribution < -0.4 is 5.01 Å². The summed E-state index contributed by atoms with van der Waals surface area (Å²) in [6.45, 7) is 1.86. The van der Waals surface area contributed by atoms with E-state index in [1.807, 2.05) is 6.92 Å². The van der Waals surface area contributed by atoms with Crippen LogP contribution in [0.25, 0.3) is 11.3 Å². The smallest absolute Gasteiger partial charge is 0.362 e. The maximum atomic E-state index is 13.8. The van der Waals surface area contributed by atoms with Gasteiger partial charge in [0.1, 0.15) is 0 Å². The third kappa shape index (κ3) is 3.77. The number of aryl methyl sites for hydroxylation is 1. The van der Waals surface area contributed by atoms with Gasteiger partial charge in [-0.3, -0.25) is 10.1 Å². The fourth-order valence-electron chi connectivity index (χ4n) is 3.12. The quantitative estimate of drug-likeness (QED) is 0.453. The highest BCUT2D eigenvalue weighted by Gasteiger charge is 2.62. The zero-order valence-corrected chi connectivity index (χ0v) is 16.8. The Morgan fingerprint density at radius 2 is 1.74 bits per heavy atom. The minimum Gasteiger partial charge on any atom is -0.362 e. The molecule has 0 bridgehead atoms. The second kappa shape index (κ2) is 7.43. The zero-order valence-electron chi connectivity index (χ0n) is 16.0. The molecule has 1 atom stereocenters. The normalized spacial score (nSPS) is 18.9. The molecular weight excluding hydrogens is 433 g/mol. The number of aliphatic hydroxyl groups is 1. The number of hydrazone groups is 1. The number of non-ortho nitro benzene ring substituents is 1. The van der Waals surface area contributed by atoms with Crippen LogP contribution in [0.5, 0.6) is 0 Å². The molecule has 7 nitrogen and oxygen atoms in total. The van der Waals surface area contributed by atoms with Crippen LogP contribution in [0.3, 0.4) is 0 Å². The van der Waals surface area contributed by atoms with Gasteiger partial charge in [0.25, 0.3) is 11.4 Å². The van der Waals surface area contributed by atoms with Gasteiger partial charge in [-0.2, -0.15) is 23.3 Å². The first-order valence-electron chi connectivity index (χ1n) is 9.03. The summed E-state index contributed by atoms with van der Waals surface area (Å²) in [7, 11) is 0. The monoisotopic (exact) mass is 448 g/mol. The molecule has 1 aliphatic rings. The van der Waals surface area contributed by atoms with Gasteiger partial charge in [0, 0.05) is 23.1 Å². The number of nitro groups is 1. The Hall–Kier alpha value is -3.31. The van der Waals surface area contributed by atoms with Gasteiger partial charge < -0.3 is 5.11 Å². The second-order valence-electron chi connectivity index (χ2n) is 7.03. The zero-order chi connectivity index (χ0) is 22.4. The Kier molecular flexibility index (Phi) is 5.02. The summed E-state index contributed by atoms with van der Waals surface area (Å²) >= 11 is 0.884. The van der Waals surface area contributed by atoms with Crippen LogP contribution in [-0.4, -0.2) is 32.6 Å². The molecule has 0 saturated carbocycles. The van der Waals surface area contributed by atoms with Gasteiger partial charge >= 0.3 is 6.18 Å². The number of hydrogen-bond acceptors (Lipinski definition) is 7. The molecule has 31 heavy (non-hydrogen) atoms. The second-order valence-corrected chi connectivity index (χ2v) is 7.87. The van der Waals surface area contributed by atoms with Crippen LogP contribution in [0, 0.1) is 17.0 Å². The van der Waals surface area contributed by atoms with Crippen LogP contribution in [-0.2, 0) is 0 Å². The highest BCUT2D eigenvalue weighted by Crippen LogP contribution is 2.45. The Morgan fingerprint density at radius 3 is 2.32 bits per heavy atom. The molecule has 0 saturated heterocycles. The van der Waals surface area contributed by atoms with E-state index in [4.69, 9.17) is 0 Å². The first kappa shape index (κ1) is 20.9. The molecule has 3 aromatic rings. The van der Waals surface area contributed by atoms with Crippen molar-refractivity contribution in [3.05, 3.63) is 75.2 Å². The molecule has 160 valence electrons. The van der Waals surface area contributed by atoms with Crippen molar-refractivity contribution < 1.29 is 23.2 Å². The standard InChI is InChI=1S/C20H15F3N4O3S/c1-12-2-4-13(5-3-12)16-10-19(28,20(21,22)23)26(25-16)18-24-17(11-31-18)14-6-8-15(9-7-14)27(29)30/h2-9,11,28H,10H2,1H3. The SMILES string of the molecule is Cc1ccc(C2=NN(c3nc(-c4ccc([N+](=O)[O-])cc4)cs3)C(O)(C(F)(F)F)C2)cc1. The number of alkyl halides is 3. The van der Waals surface area contributed by atoms with Crippen molar-refractivity contribution in [2.75, 3.05) is 5.01 Å². The number of nitro benzene ring substituents is 1. The van der Waals surface area contributed by atoms with Crippen molar-refractivity contribution in [2.45, 2.75) is 25.2 Å². The fraction of sp³-hybridized carbons (Fsp3) is 0.200. The summed E-state index contributed by atoms with van der Waals surface area (Å²) in [5, 5.41) is 27.3. The van der Waals surface area contributed by atoms with Crippen LogP contribution in [0.2, 0.25) is 0 Å². The molecule has 4 rings (SSSR count). The van der Waals surface area contributed by atoms with E-state index in [0.717, 1.165) is 16.9 Å². The van der Waals surface area contributed by atoms with Gasteiger partial charge in [0.15, 0.2) is 0 Å². The molecule has 0 amide bonds. The highest BCUT2D eigenvalue weighted by molar-refractivity contribution is 7.14. The number of aromatic nitrogens is 1. The molecule has 1 aliphatic heterocycles. The number of benzene rings is 2. The predicted molar refractivity (Wildman–Crippen MR) is 110 cm³/mol.